The lowest BCUT2D eigenvalue weighted by Gasteiger charge is -2.32. The minimum atomic E-state index is -3.68. The Kier molecular flexibility index (Phi) is 5.58. The second-order valence-corrected chi connectivity index (χ2v) is 9.29. The first-order chi connectivity index (χ1) is 13.9. The van der Waals surface area contributed by atoms with Crippen LogP contribution in [-0.2, 0) is 21.4 Å². The topological polar surface area (TPSA) is 87.7 Å². The highest BCUT2D eigenvalue weighted by molar-refractivity contribution is 7.89. The molecule has 29 heavy (non-hydrogen) atoms. The van der Waals surface area contributed by atoms with Crippen molar-refractivity contribution in [3.63, 3.8) is 0 Å². The molecule has 2 heterocycles. The lowest BCUT2D eigenvalue weighted by molar-refractivity contribution is -0.118. The highest BCUT2D eigenvalue weighted by Crippen LogP contribution is 2.33. The summed E-state index contributed by atoms with van der Waals surface area (Å²) in [4.78, 5) is 14.0. The number of likely N-dealkylation sites (tertiary alicyclic amines) is 1. The van der Waals surface area contributed by atoms with E-state index in [1.54, 1.807) is 13.0 Å². The maximum Gasteiger partial charge on any atom is 0.262 e. The number of piperidine rings is 1. The van der Waals surface area contributed by atoms with E-state index in [4.69, 9.17) is 4.74 Å². The molecule has 0 saturated carbocycles. The van der Waals surface area contributed by atoms with Gasteiger partial charge < -0.3 is 10.1 Å². The fourth-order valence-corrected chi connectivity index (χ4v) is 5.39. The molecule has 0 aliphatic carbocycles. The van der Waals surface area contributed by atoms with Crippen LogP contribution < -0.4 is 14.8 Å². The van der Waals surface area contributed by atoms with Crippen molar-refractivity contribution in [1.82, 2.24) is 9.62 Å². The van der Waals surface area contributed by atoms with E-state index in [0.29, 0.717) is 17.0 Å². The third-order valence-electron chi connectivity index (χ3n) is 5.36. The third kappa shape index (κ3) is 4.60. The second kappa shape index (κ2) is 8.14. The molecule has 2 aromatic rings. The van der Waals surface area contributed by atoms with Crippen molar-refractivity contribution in [2.45, 2.75) is 37.2 Å². The van der Waals surface area contributed by atoms with Crippen LogP contribution in [0.2, 0.25) is 0 Å². The van der Waals surface area contributed by atoms with Gasteiger partial charge in [-0.05, 0) is 37.0 Å². The summed E-state index contributed by atoms with van der Waals surface area (Å²) in [5, 5.41) is 2.70. The fourth-order valence-electron chi connectivity index (χ4n) is 3.84. The van der Waals surface area contributed by atoms with Crippen molar-refractivity contribution in [3.05, 3.63) is 53.6 Å². The Morgan fingerprint density at radius 2 is 1.90 bits per heavy atom. The number of rotatable bonds is 5. The molecule has 0 atom stereocenters. The molecular weight excluding hydrogens is 390 g/mol. The summed E-state index contributed by atoms with van der Waals surface area (Å²) in [6.07, 6.45) is 1.53. The molecule has 0 unspecified atom stereocenters. The van der Waals surface area contributed by atoms with E-state index in [-0.39, 0.29) is 23.5 Å². The zero-order valence-electron chi connectivity index (χ0n) is 16.3. The van der Waals surface area contributed by atoms with Gasteiger partial charge in [0.2, 0.25) is 10.0 Å². The Balaban J connectivity index is 1.40. The van der Waals surface area contributed by atoms with Crippen LogP contribution in [0.1, 0.15) is 24.0 Å². The Morgan fingerprint density at radius 1 is 1.17 bits per heavy atom. The average Bonchev–Trinajstić information content (AvgIpc) is 2.69. The van der Waals surface area contributed by atoms with Crippen molar-refractivity contribution < 1.29 is 17.9 Å². The molecule has 2 N–H and O–H groups in total. The van der Waals surface area contributed by atoms with Crippen molar-refractivity contribution >= 4 is 21.6 Å². The minimum absolute atomic E-state index is 0.0944. The number of carbonyl (C=O) groups excluding carboxylic acids is 1. The monoisotopic (exact) mass is 415 g/mol. The number of nitrogens with one attached hydrogen (secondary N) is 2. The van der Waals surface area contributed by atoms with Crippen LogP contribution in [0.25, 0.3) is 0 Å². The molecule has 4 rings (SSSR count). The summed E-state index contributed by atoms with van der Waals surface area (Å²) in [7, 11) is -3.68. The smallest absolute Gasteiger partial charge is 0.262 e. The normalized spacial score (nSPS) is 18.0. The van der Waals surface area contributed by atoms with Crippen LogP contribution in [-0.4, -0.2) is 45.0 Å². The van der Waals surface area contributed by atoms with Crippen molar-refractivity contribution in [1.29, 1.82) is 0 Å². The zero-order chi connectivity index (χ0) is 20.4. The molecule has 7 nitrogen and oxygen atoms in total. The van der Waals surface area contributed by atoms with Crippen LogP contribution in [0.3, 0.4) is 0 Å². The molecule has 0 spiro atoms. The van der Waals surface area contributed by atoms with Gasteiger partial charge in [-0.1, -0.05) is 30.3 Å². The Morgan fingerprint density at radius 3 is 2.62 bits per heavy atom. The first kappa shape index (κ1) is 19.9. The molecule has 8 heteroatoms. The summed E-state index contributed by atoms with van der Waals surface area (Å²) in [6, 6.07) is 13.3. The molecule has 2 aromatic carbocycles. The van der Waals surface area contributed by atoms with Crippen molar-refractivity contribution in [3.8, 4) is 5.75 Å². The number of amides is 1. The van der Waals surface area contributed by atoms with Gasteiger partial charge in [0.25, 0.3) is 5.91 Å². The number of benzene rings is 2. The number of fused-ring (bicyclic) bond motifs is 1. The van der Waals surface area contributed by atoms with E-state index in [1.165, 1.54) is 11.6 Å². The summed E-state index contributed by atoms with van der Waals surface area (Å²) >= 11 is 0. The third-order valence-corrected chi connectivity index (χ3v) is 7.02. The zero-order valence-corrected chi connectivity index (χ0v) is 17.2. The van der Waals surface area contributed by atoms with Gasteiger partial charge in [0, 0.05) is 31.7 Å². The molecule has 1 fully saturated rings. The van der Waals surface area contributed by atoms with Gasteiger partial charge in [0.1, 0.15) is 5.75 Å². The molecule has 0 bridgehead atoms. The van der Waals surface area contributed by atoms with E-state index in [9.17, 15) is 13.2 Å². The summed E-state index contributed by atoms with van der Waals surface area (Å²) in [5.41, 5.74) is 2.35. The molecule has 154 valence electrons. The second-order valence-electron chi connectivity index (χ2n) is 7.61. The molecule has 1 saturated heterocycles. The highest BCUT2D eigenvalue weighted by Gasteiger charge is 2.28. The van der Waals surface area contributed by atoms with Gasteiger partial charge in [-0.2, -0.15) is 0 Å². The predicted molar refractivity (Wildman–Crippen MR) is 110 cm³/mol. The molecule has 0 aromatic heterocycles. The molecule has 1 amide bonds. The number of carbonyl (C=O) groups is 1. The van der Waals surface area contributed by atoms with Gasteiger partial charge >= 0.3 is 0 Å². The Labute approximate surface area is 171 Å². The van der Waals surface area contributed by atoms with Crippen LogP contribution in [0, 0.1) is 6.92 Å². The van der Waals surface area contributed by atoms with E-state index in [1.807, 2.05) is 18.2 Å². The number of hydrogen-bond acceptors (Lipinski definition) is 5. The lowest BCUT2D eigenvalue weighted by Crippen LogP contribution is -2.44. The lowest BCUT2D eigenvalue weighted by atomic mass is 10.1. The van der Waals surface area contributed by atoms with Gasteiger partial charge in [-0.15, -0.1) is 0 Å². The maximum absolute atomic E-state index is 13.0. The highest BCUT2D eigenvalue weighted by atomic mass is 32.2. The maximum atomic E-state index is 13.0. The number of anilines is 1. The van der Waals surface area contributed by atoms with Crippen LogP contribution in [0.5, 0.6) is 5.75 Å². The van der Waals surface area contributed by atoms with E-state index >= 15 is 0 Å². The fraction of sp³-hybridized carbons (Fsp3) is 0.381. The number of hydrogen-bond donors (Lipinski definition) is 2. The van der Waals surface area contributed by atoms with Crippen LogP contribution >= 0.6 is 0 Å². The van der Waals surface area contributed by atoms with E-state index in [0.717, 1.165) is 32.5 Å². The molecule has 2 aliphatic rings. The SMILES string of the molecule is Cc1cc2c(cc1S(=O)(=O)NC1CCN(Cc3ccccc3)CC1)OCC(=O)N2. The summed E-state index contributed by atoms with van der Waals surface area (Å²) < 4.78 is 34.2. The predicted octanol–water partition coefficient (Wildman–Crippen LogP) is 2.27. The minimum Gasteiger partial charge on any atom is -0.482 e. The molecule has 0 radical (unpaired) electrons. The first-order valence-electron chi connectivity index (χ1n) is 9.76. The van der Waals surface area contributed by atoms with Crippen molar-refractivity contribution in [2.24, 2.45) is 0 Å². The molecular formula is C21H25N3O4S. The number of nitrogens with zero attached hydrogens (tertiary/aromatic N) is 1. The van der Waals surface area contributed by atoms with E-state index in [2.05, 4.69) is 27.1 Å². The van der Waals surface area contributed by atoms with E-state index < -0.39 is 10.0 Å². The van der Waals surface area contributed by atoms with Crippen molar-refractivity contribution in [2.75, 3.05) is 25.0 Å². The van der Waals surface area contributed by atoms with Crippen LogP contribution in [0.4, 0.5) is 5.69 Å². The summed E-state index contributed by atoms with van der Waals surface area (Å²) in [5.74, 6) is 0.140. The quantitative estimate of drug-likeness (QED) is 0.782. The Hall–Kier alpha value is -2.42. The average molecular weight is 416 g/mol. The first-order valence-corrected chi connectivity index (χ1v) is 11.2. The van der Waals surface area contributed by atoms with Gasteiger partial charge in [0.05, 0.1) is 10.6 Å². The largest absolute Gasteiger partial charge is 0.482 e. The van der Waals surface area contributed by atoms with Crippen LogP contribution in [0.15, 0.2) is 47.4 Å². The Bertz CT molecular complexity index is 1000. The standard InChI is InChI=1S/C21H25N3O4S/c1-15-11-18-19(28-14-21(25)22-18)12-20(15)29(26,27)23-17-7-9-24(10-8-17)13-16-5-3-2-4-6-16/h2-6,11-12,17,23H,7-10,13-14H2,1H3,(H,22,25). The number of ether oxygens (including phenoxy) is 1. The van der Waals surface area contributed by atoms with Gasteiger partial charge in [-0.3, -0.25) is 9.69 Å². The number of aryl methyl sites for hydroxylation is 1. The van der Waals surface area contributed by atoms with Gasteiger partial charge in [0.15, 0.2) is 6.61 Å². The number of sulfonamides is 1. The van der Waals surface area contributed by atoms with Gasteiger partial charge in [-0.25, -0.2) is 13.1 Å². The summed E-state index contributed by atoms with van der Waals surface area (Å²) in [6.45, 7) is 4.19. The molecule has 2 aliphatic heterocycles.